The van der Waals surface area contributed by atoms with Crippen molar-refractivity contribution in [3.8, 4) is 5.75 Å². The zero-order valence-corrected chi connectivity index (χ0v) is 11.5. The molecule has 76 valence electrons. The Morgan fingerprint density at radius 1 is 1.29 bits per heavy atom. The van der Waals surface area contributed by atoms with Gasteiger partial charge in [-0.25, -0.2) is 0 Å². The maximum absolute atomic E-state index is 9.15. The van der Waals surface area contributed by atoms with E-state index in [1.54, 1.807) is 25.4 Å². The number of nitrogens with zero attached hydrogens (tertiary/aromatic N) is 1. The SMILES string of the molecule is CN=Cc1ccccc1O.C[NH-].[OH3+].[Zn]. The number of nitrogens with one attached hydrogen (secondary N) is 1. The molecule has 0 amide bonds. The molecular formula is C9H16N2O2Zn. The van der Waals surface area contributed by atoms with Crippen LogP contribution in [0.4, 0.5) is 0 Å². The summed E-state index contributed by atoms with van der Waals surface area (Å²) in [6.45, 7) is 0. The average molecular weight is 250 g/mol. The summed E-state index contributed by atoms with van der Waals surface area (Å²) in [5.41, 5.74) is 6.50. The number of rotatable bonds is 1. The second kappa shape index (κ2) is 12.2. The molecule has 0 aliphatic rings. The van der Waals surface area contributed by atoms with Crippen LogP contribution in [-0.2, 0) is 25.0 Å². The van der Waals surface area contributed by atoms with Gasteiger partial charge in [0, 0.05) is 38.3 Å². The van der Waals surface area contributed by atoms with Crippen molar-refractivity contribution in [2.75, 3.05) is 14.1 Å². The van der Waals surface area contributed by atoms with Crippen LogP contribution in [0.25, 0.3) is 5.73 Å². The van der Waals surface area contributed by atoms with E-state index >= 15 is 0 Å². The minimum Gasteiger partial charge on any atom is -0.680 e. The van der Waals surface area contributed by atoms with Gasteiger partial charge >= 0.3 is 0 Å². The number of phenolic OH excluding ortho intramolecular Hbond substituents is 1. The predicted octanol–water partition coefficient (Wildman–Crippen LogP) is 1.18. The van der Waals surface area contributed by atoms with Crippen LogP contribution in [0.2, 0.25) is 0 Å². The monoisotopic (exact) mass is 248 g/mol. The topological polar surface area (TPSA) is 89.4 Å². The molecule has 0 aliphatic carbocycles. The van der Waals surface area contributed by atoms with E-state index in [0.29, 0.717) is 0 Å². The molecular weight excluding hydrogens is 234 g/mol. The Morgan fingerprint density at radius 3 is 2.21 bits per heavy atom. The number of para-hydroxylation sites is 1. The molecule has 0 aliphatic heterocycles. The Kier molecular flexibility index (Phi) is 16.5. The van der Waals surface area contributed by atoms with Crippen molar-refractivity contribution in [1.82, 2.24) is 0 Å². The molecule has 1 aromatic rings. The van der Waals surface area contributed by atoms with Gasteiger partial charge in [0.1, 0.15) is 5.75 Å². The van der Waals surface area contributed by atoms with Gasteiger partial charge in [-0.05, 0) is 12.1 Å². The number of hydrogen-bond donors (Lipinski definition) is 1. The van der Waals surface area contributed by atoms with E-state index in [2.05, 4.69) is 4.99 Å². The minimum absolute atomic E-state index is 0. The number of hydrogen-bond acceptors (Lipinski definition) is 2. The van der Waals surface area contributed by atoms with Crippen LogP contribution < -0.4 is 0 Å². The molecule has 5 heteroatoms. The second-order valence-electron chi connectivity index (χ2n) is 1.95. The molecule has 1 rings (SSSR count). The van der Waals surface area contributed by atoms with Crippen molar-refractivity contribution < 1.29 is 30.1 Å². The van der Waals surface area contributed by atoms with Crippen molar-refractivity contribution in [3.05, 3.63) is 35.6 Å². The van der Waals surface area contributed by atoms with Crippen LogP contribution in [0.5, 0.6) is 5.75 Å². The van der Waals surface area contributed by atoms with E-state index in [-0.39, 0.29) is 30.7 Å². The normalized spacial score (nSPS) is 7.93. The summed E-state index contributed by atoms with van der Waals surface area (Å²) in [7, 11) is 2.92. The molecule has 0 radical (unpaired) electrons. The van der Waals surface area contributed by atoms with E-state index in [1.165, 1.54) is 7.05 Å². The van der Waals surface area contributed by atoms with Gasteiger partial charge in [-0.15, -0.1) is 0 Å². The summed E-state index contributed by atoms with van der Waals surface area (Å²) in [5.74, 6) is 0.271. The maximum atomic E-state index is 9.15. The standard InChI is InChI=1S/C8H9NO.CH4N.H2O.Zn/c1-9-6-7-4-2-3-5-8(7)10;1-2;;/h2-6,10H,1H3;2H,1H3;1H2;/q;-1;;/p+1. The Labute approximate surface area is 96.9 Å². The molecule has 14 heavy (non-hydrogen) atoms. The predicted molar refractivity (Wildman–Crippen MR) is 56.7 cm³/mol. The first-order valence-electron chi connectivity index (χ1n) is 3.55. The molecule has 0 heterocycles. The summed E-state index contributed by atoms with van der Waals surface area (Å²) in [6, 6.07) is 7.08. The van der Waals surface area contributed by atoms with E-state index in [0.717, 1.165) is 5.56 Å². The molecule has 5 N–H and O–H groups in total. The van der Waals surface area contributed by atoms with Crippen molar-refractivity contribution in [1.29, 1.82) is 0 Å². The Bertz CT molecular complexity index is 254. The van der Waals surface area contributed by atoms with Gasteiger partial charge in [-0.3, -0.25) is 4.99 Å². The van der Waals surface area contributed by atoms with Crippen molar-refractivity contribution in [2.24, 2.45) is 4.99 Å². The Morgan fingerprint density at radius 2 is 1.79 bits per heavy atom. The van der Waals surface area contributed by atoms with Gasteiger partial charge in [0.15, 0.2) is 0 Å². The van der Waals surface area contributed by atoms with Gasteiger partial charge in [0.25, 0.3) is 0 Å². The fraction of sp³-hybridized carbons (Fsp3) is 0.222. The average Bonchev–Trinajstić information content (AvgIpc) is 2.13. The molecule has 0 aromatic heterocycles. The molecule has 0 saturated heterocycles. The molecule has 0 spiro atoms. The van der Waals surface area contributed by atoms with E-state index in [4.69, 9.17) is 10.8 Å². The molecule has 0 bridgehead atoms. The molecule has 0 saturated carbocycles. The number of aliphatic imine (C=N–C) groups is 1. The number of aromatic hydroxyl groups is 1. The van der Waals surface area contributed by atoms with Crippen LogP contribution in [0.15, 0.2) is 29.3 Å². The van der Waals surface area contributed by atoms with Gasteiger partial charge in [0.2, 0.25) is 0 Å². The zero-order valence-electron chi connectivity index (χ0n) is 8.57. The zero-order chi connectivity index (χ0) is 9.40. The largest absolute Gasteiger partial charge is 0.680 e. The molecule has 4 nitrogen and oxygen atoms in total. The van der Waals surface area contributed by atoms with Gasteiger partial charge < -0.3 is 16.3 Å². The van der Waals surface area contributed by atoms with Gasteiger partial charge in [0.05, 0.1) is 0 Å². The van der Waals surface area contributed by atoms with E-state index in [9.17, 15) is 0 Å². The van der Waals surface area contributed by atoms with Crippen LogP contribution >= 0.6 is 0 Å². The van der Waals surface area contributed by atoms with Crippen molar-refractivity contribution >= 4 is 6.21 Å². The fourth-order valence-corrected chi connectivity index (χ4v) is 0.736. The first kappa shape index (κ1) is 18.9. The van der Waals surface area contributed by atoms with E-state index < -0.39 is 0 Å². The van der Waals surface area contributed by atoms with Gasteiger partial charge in [-0.2, -0.15) is 7.05 Å². The second-order valence-corrected chi connectivity index (χ2v) is 1.95. The molecule has 0 unspecified atom stereocenters. The van der Waals surface area contributed by atoms with E-state index in [1.807, 2.05) is 12.1 Å². The maximum Gasteiger partial charge on any atom is 0.124 e. The van der Waals surface area contributed by atoms with Gasteiger partial charge in [-0.1, -0.05) is 12.1 Å². The summed E-state index contributed by atoms with van der Waals surface area (Å²) in [5, 5.41) is 9.15. The quantitative estimate of drug-likeness (QED) is 0.452. The Hall–Kier alpha value is -0.767. The first-order valence-corrected chi connectivity index (χ1v) is 3.55. The summed E-state index contributed by atoms with van der Waals surface area (Å²) in [6.07, 6.45) is 1.62. The summed E-state index contributed by atoms with van der Waals surface area (Å²) >= 11 is 0. The fourth-order valence-electron chi connectivity index (χ4n) is 0.736. The van der Waals surface area contributed by atoms with Crippen LogP contribution in [-0.4, -0.2) is 25.4 Å². The summed E-state index contributed by atoms with van der Waals surface area (Å²) in [4.78, 5) is 3.78. The minimum atomic E-state index is 0. The third kappa shape index (κ3) is 6.72. The van der Waals surface area contributed by atoms with Crippen LogP contribution in [0, 0.1) is 0 Å². The molecule has 1 aromatic carbocycles. The molecule has 0 fully saturated rings. The Balaban J connectivity index is -0.000000284. The van der Waals surface area contributed by atoms with Crippen LogP contribution in [0.3, 0.4) is 0 Å². The third-order valence-corrected chi connectivity index (χ3v) is 1.20. The smallest absolute Gasteiger partial charge is 0.124 e. The van der Waals surface area contributed by atoms with Crippen molar-refractivity contribution in [3.63, 3.8) is 0 Å². The first-order chi connectivity index (χ1) is 5.84. The van der Waals surface area contributed by atoms with Crippen molar-refractivity contribution in [2.45, 2.75) is 0 Å². The molecule has 0 atom stereocenters. The number of phenols is 1. The van der Waals surface area contributed by atoms with Crippen LogP contribution in [0.1, 0.15) is 5.56 Å². The number of benzene rings is 1. The third-order valence-electron chi connectivity index (χ3n) is 1.20. The summed E-state index contributed by atoms with van der Waals surface area (Å²) < 4.78 is 0.